The summed E-state index contributed by atoms with van der Waals surface area (Å²) in [6.07, 6.45) is 2.50. The minimum absolute atomic E-state index is 0.495. The fourth-order valence-electron chi connectivity index (χ4n) is 3.18. The Morgan fingerprint density at radius 3 is 3.04 bits per heavy atom. The summed E-state index contributed by atoms with van der Waals surface area (Å²) in [6, 6.07) is 4.91. The number of rotatable bonds is 7. The van der Waals surface area contributed by atoms with Crippen LogP contribution in [0, 0.1) is 5.92 Å². The monoisotopic (exact) mass is 338 g/mol. The van der Waals surface area contributed by atoms with Crippen molar-refractivity contribution in [3.05, 3.63) is 22.4 Å². The summed E-state index contributed by atoms with van der Waals surface area (Å²) < 4.78 is 5.09. The van der Waals surface area contributed by atoms with E-state index in [1.165, 1.54) is 24.3 Å². The fraction of sp³-hybridized carbons (Fsp3) is 0.706. The number of nitrogens with zero attached hydrogens (tertiary/aromatic N) is 2. The Bertz CT molecular complexity index is 463. The third-order valence-electron chi connectivity index (χ3n) is 4.27. The molecule has 1 aromatic rings. The molecule has 1 aliphatic rings. The highest BCUT2D eigenvalue weighted by Crippen LogP contribution is 2.37. The van der Waals surface area contributed by atoms with E-state index < -0.39 is 0 Å². The smallest absolute Gasteiger partial charge is 0.191 e. The highest BCUT2D eigenvalue weighted by Gasteiger charge is 2.30. The molecule has 6 heteroatoms. The second-order valence-corrected chi connectivity index (χ2v) is 6.96. The van der Waals surface area contributed by atoms with Crippen LogP contribution in [0.1, 0.15) is 30.7 Å². The van der Waals surface area contributed by atoms with Gasteiger partial charge in [0.2, 0.25) is 0 Å². The molecule has 0 spiro atoms. The Morgan fingerprint density at radius 2 is 2.35 bits per heavy atom. The number of hydrogen-bond acceptors (Lipinski definition) is 4. The van der Waals surface area contributed by atoms with E-state index in [0.29, 0.717) is 18.6 Å². The van der Waals surface area contributed by atoms with Crippen LogP contribution in [0.3, 0.4) is 0 Å². The molecule has 130 valence electrons. The fourth-order valence-corrected chi connectivity index (χ4v) is 4.16. The van der Waals surface area contributed by atoms with Crippen LogP contribution in [-0.4, -0.2) is 57.8 Å². The van der Waals surface area contributed by atoms with E-state index >= 15 is 0 Å². The number of nitrogens with one attached hydrogen (secondary N) is 2. The van der Waals surface area contributed by atoms with Crippen LogP contribution >= 0.6 is 11.3 Å². The molecule has 1 aliphatic heterocycles. The van der Waals surface area contributed by atoms with E-state index in [-0.39, 0.29) is 0 Å². The molecule has 0 bridgehead atoms. The Morgan fingerprint density at radius 1 is 1.48 bits per heavy atom. The zero-order chi connectivity index (χ0) is 16.5. The number of methoxy groups -OCH3 is 1. The van der Waals surface area contributed by atoms with Crippen molar-refractivity contribution in [2.45, 2.75) is 25.8 Å². The van der Waals surface area contributed by atoms with Crippen LogP contribution in [0.15, 0.2) is 22.5 Å². The summed E-state index contributed by atoms with van der Waals surface area (Å²) in [5.41, 5.74) is 0. The molecule has 2 rings (SSSR count). The molecular formula is C17H30N4OS. The predicted molar refractivity (Wildman–Crippen MR) is 98.3 cm³/mol. The zero-order valence-corrected chi connectivity index (χ0v) is 15.4. The van der Waals surface area contributed by atoms with Gasteiger partial charge in [-0.1, -0.05) is 6.07 Å². The van der Waals surface area contributed by atoms with Crippen LogP contribution in [0.4, 0.5) is 0 Å². The van der Waals surface area contributed by atoms with E-state index in [2.05, 4.69) is 47.0 Å². The highest BCUT2D eigenvalue weighted by atomic mass is 32.1. The SMILES string of the molecule is CCNC(=NCC1CCCN(C)C1c1cccs1)NCCOC. The standard InChI is InChI=1S/C17H30N4OS/c1-4-18-17(19-9-11-22-3)20-13-14-7-5-10-21(2)16(14)15-8-6-12-23-15/h6,8,12,14,16H,4-5,7,9-11,13H2,1-3H3,(H2,18,19,20). The Labute approximate surface area is 144 Å². The van der Waals surface area contributed by atoms with Gasteiger partial charge < -0.3 is 15.4 Å². The molecule has 0 saturated carbocycles. The van der Waals surface area contributed by atoms with E-state index in [1.807, 2.05) is 11.3 Å². The molecule has 1 saturated heterocycles. The molecule has 2 atom stereocenters. The number of guanidine groups is 1. The molecule has 5 nitrogen and oxygen atoms in total. The van der Waals surface area contributed by atoms with Gasteiger partial charge in [-0.25, -0.2) is 0 Å². The lowest BCUT2D eigenvalue weighted by Crippen LogP contribution is -2.41. The van der Waals surface area contributed by atoms with E-state index in [1.54, 1.807) is 7.11 Å². The van der Waals surface area contributed by atoms with Gasteiger partial charge in [0.15, 0.2) is 5.96 Å². The normalized spacial score (nSPS) is 23.0. The van der Waals surface area contributed by atoms with Crippen molar-refractivity contribution in [3.63, 3.8) is 0 Å². The third-order valence-corrected chi connectivity index (χ3v) is 5.21. The third kappa shape index (κ3) is 5.48. The summed E-state index contributed by atoms with van der Waals surface area (Å²) in [6.45, 7) is 6.47. The van der Waals surface area contributed by atoms with Gasteiger partial charge in [0.05, 0.1) is 6.61 Å². The molecule has 1 fully saturated rings. The quantitative estimate of drug-likeness (QED) is 0.455. The summed E-state index contributed by atoms with van der Waals surface area (Å²) in [5, 5.41) is 8.81. The Kier molecular flexibility index (Phi) is 7.85. The summed E-state index contributed by atoms with van der Waals surface area (Å²) in [4.78, 5) is 8.77. The average molecular weight is 339 g/mol. The molecule has 0 radical (unpaired) electrons. The zero-order valence-electron chi connectivity index (χ0n) is 14.5. The first kappa shape index (κ1) is 18.2. The van der Waals surface area contributed by atoms with Gasteiger partial charge in [-0.3, -0.25) is 9.89 Å². The van der Waals surface area contributed by atoms with Crippen molar-refractivity contribution < 1.29 is 4.74 Å². The number of piperidine rings is 1. The van der Waals surface area contributed by atoms with Crippen LogP contribution < -0.4 is 10.6 Å². The second kappa shape index (κ2) is 9.90. The Hall–Kier alpha value is -1.11. The first-order valence-corrected chi connectivity index (χ1v) is 9.39. The topological polar surface area (TPSA) is 48.9 Å². The first-order valence-electron chi connectivity index (χ1n) is 8.51. The molecule has 2 unspecified atom stereocenters. The number of likely N-dealkylation sites (tertiary alicyclic amines) is 1. The van der Waals surface area contributed by atoms with Crippen LogP contribution in [0.2, 0.25) is 0 Å². The maximum absolute atomic E-state index is 5.09. The predicted octanol–water partition coefficient (Wildman–Crippen LogP) is 2.33. The van der Waals surface area contributed by atoms with Crippen molar-refractivity contribution in [1.29, 1.82) is 0 Å². The summed E-state index contributed by atoms with van der Waals surface area (Å²) in [7, 11) is 3.96. The van der Waals surface area contributed by atoms with Gasteiger partial charge in [-0.15, -0.1) is 11.3 Å². The van der Waals surface area contributed by atoms with Crippen LogP contribution in [0.25, 0.3) is 0 Å². The minimum atomic E-state index is 0.495. The molecule has 0 aliphatic carbocycles. The van der Waals surface area contributed by atoms with Crippen molar-refractivity contribution in [1.82, 2.24) is 15.5 Å². The van der Waals surface area contributed by atoms with Crippen LogP contribution in [0.5, 0.6) is 0 Å². The van der Waals surface area contributed by atoms with Crippen molar-refractivity contribution in [2.75, 3.05) is 46.9 Å². The largest absolute Gasteiger partial charge is 0.383 e. The van der Waals surface area contributed by atoms with Crippen molar-refractivity contribution in [3.8, 4) is 0 Å². The maximum atomic E-state index is 5.09. The average Bonchev–Trinajstić information content (AvgIpc) is 3.06. The number of hydrogen-bond donors (Lipinski definition) is 2. The minimum Gasteiger partial charge on any atom is -0.383 e. The molecular weight excluding hydrogens is 308 g/mol. The molecule has 1 aromatic heterocycles. The maximum Gasteiger partial charge on any atom is 0.191 e. The molecule has 2 N–H and O–H groups in total. The van der Waals surface area contributed by atoms with Crippen molar-refractivity contribution >= 4 is 17.3 Å². The van der Waals surface area contributed by atoms with Gasteiger partial charge >= 0.3 is 0 Å². The van der Waals surface area contributed by atoms with E-state index in [0.717, 1.165) is 25.6 Å². The van der Waals surface area contributed by atoms with Gasteiger partial charge in [-0.05, 0) is 50.7 Å². The number of thiophene rings is 1. The van der Waals surface area contributed by atoms with Crippen LogP contribution in [-0.2, 0) is 4.74 Å². The highest BCUT2D eigenvalue weighted by molar-refractivity contribution is 7.10. The Balaban J connectivity index is 2.00. The van der Waals surface area contributed by atoms with Gasteiger partial charge in [0, 0.05) is 37.7 Å². The molecule has 2 heterocycles. The van der Waals surface area contributed by atoms with Gasteiger partial charge in [0.25, 0.3) is 0 Å². The summed E-state index contributed by atoms with van der Waals surface area (Å²) in [5.74, 6) is 1.47. The lowest BCUT2D eigenvalue weighted by molar-refractivity contribution is 0.128. The molecule has 23 heavy (non-hydrogen) atoms. The van der Waals surface area contributed by atoms with E-state index in [9.17, 15) is 0 Å². The molecule has 0 amide bonds. The number of ether oxygens (including phenoxy) is 1. The van der Waals surface area contributed by atoms with Gasteiger partial charge in [0.1, 0.15) is 0 Å². The first-order chi connectivity index (χ1) is 11.3. The second-order valence-electron chi connectivity index (χ2n) is 5.98. The lowest BCUT2D eigenvalue weighted by atomic mass is 9.88. The lowest BCUT2D eigenvalue weighted by Gasteiger charge is -2.38. The van der Waals surface area contributed by atoms with Crippen molar-refractivity contribution in [2.24, 2.45) is 10.9 Å². The summed E-state index contributed by atoms with van der Waals surface area (Å²) >= 11 is 1.86. The van der Waals surface area contributed by atoms with Gasteiger partial charge in [-0.2, -0.15) is 0 Å². The van der Waals surface area contributed by atoms with E-state index in [4.69, 9.17) is 9.73 Å². The number of aliphatic imine (C=N–C) groups is 1. The molecule has 0 aromatic carbocycles.